The maximum atomic E-state index is 10.8. The van der Waals surface area contributed by atoms with E-state index in [9.17, 15) is 4.79 Å². The summed E-state index contributed by atoms with van der Waals surface area (Å²) < 4.78 is 2.01. The molecule has 2 heterocycles. The molecule has 0 spiro atoms. The summed E-state index contributed by atoms with van der Waals surface area (Å²) in [7, 11) is 4.04. The highest BCUT2D eigenvalue weighted by molar-refractivity contribution is 7.99. The van der Waals surface area contributed by atoms with Gasteiger partial charge in [-0.15, -0.1) is 0 Å². The number of nitrogens with zero attached hydrogens (tertiary/aromatic N) is 4. The molecule has 114 valence electrons. The van der Waals surface area contributed by atoms with Gasteiger partial charge in [0.05, 0.1) is 5.75 Å². The van der Waals surface area contributed by atoms with Crippen LogP contribution < -0.4 is 0 Å². The second kappa shape index (κ2) is 6.44. The number of aromatic nitrogens is 3. The number of imidazole rings is 1. The molecule has 0 aliphatic rings. The van der Waals surface area contributed by atoms with Crippen LogP contribution in [-0.4, -0.2) is 56.4 Å². The minimum absolute atomic E-state index is 0.00134. The number of rotatable bonds is 6. The fourth-order valence-corrected chi connectivity index (χ4v) is 2.65. The molecule has 0 fully saturated rings. The Labute approximate surface area is 128 Å². The fourth-order valence-electron chi connectivity index (χ4n) is 1.92. The van der Waals surface area contributed by atoms with Crippen molar-refractivity contribution in [2.75, 3.05) is 19.8 Å². The molecule has 1 N–H and O–H groups in total. The summed E-state index contributed by atoms with van der Waals surface area (Å²) in [5, 5.41) is 9.58. The third kappa shape index (κ3) is 3.74. The van der Waals surface area contributed by atoms with Crippen molar-refractivity contribution in [1.82, 2.24) is 19.4 Å². The van der Waals surface area contributed by atoms with Gasteiger partial charge in [-0.2, -0.15) is 0 Å². The van der Waals surface area contributed by atoms with Crippen LogP contribution in [0.3, 0.4) is 0 Å². The van der Waals surface area contributed by atoms with Gasteiger partial charge >= 0.3 is 5.97 Å². The van der Waals surface area contributed by atoms with Crippen LogP contribution in [0.4, 0.5) is 0 Å². The monoisotopic (exact) mass is 308 g/mol. The summed E-state index contributed by atoms with van der Waals surface area (Å²) in [5.74, 6) is -0.845. The molecule has 2 aromatic rings. The highest BCUT2D eigenvalue weighted by atomic mass is 32.2. The van der Waals surface area contributed by atoms with Gasteiger partial charge in [0, 0.05) is 18.8 Å². The van der Waals surface area contributed by atoms with E-state index in [1.54, 1.807) is 0 Å². The number of hydrogen-bond acceptors (Lipinski definition) is 5. The maximum Gasteiger partial charge on any atom is 0.313 e. The van der Waals surface area contributed by atoms with Crippen molar-refractivity contribution < 1.29 is 9.90 Å². The molecule has 1 atom stereocenters. The van der Waals surface area contributed by atoms with Crippen LogP contribution in [0.2, 0.25) is 0 Å². The lowest BCUT2D eigenvalue weighted by atomic mass is 10.3. The Morgan fingerprint density at radius 1 is 1.52 bits per heavy atom. The Kier molecular flexibility index (Phi) is 4.84. The van der Waals surface area contributed by atoms with Crippen LogP contribution in [-0.2, 0) is 11.3 Å². The van der Waals surface area contributed by atoms with Crippen molar-refractivity contribution in [3.8, 4) is 0 Å². The van der Waals surface area contributed by atoms with E-state index in [-0.39, 0.29) is 5.75 Å². The third-order valence-electron chi connectivity index (χ3n) is 3.34. The molecule has 0 radical (unpaired) electrons. The molecule has 6 nitrogen and oxygen atoms in total. The standard InChI is InChI=1S/C14H20N4O2S/c1-9-5-11-13(15-6-9)18(7-10(2)17(3)4)14(16-11)21-8-12(19)20/h5-6,10H,7-8H2,1-4H3,(H,19,20). The van der Waals surface area contributed by atoms with Gasteiger partial charge in [-0.1, -0.05) is 11.8 Å². The smallest absolute Gasteiger partial charge is 0.313 e. The van der Waals surface area contributed by atoms with Gasteiger partial charge in [-0.25, -0.2) is 9.97 Å². The number of carbonyl (C=O) groups is 1. The van der Waals surface area contributed by atoms with Crippen molar-refractivity contribution in [1.29, 1.82) is 0 Å². The Balaban J connectivity index is 2.41. The number of hydrogen-bond donors (Lipinski definition) is 1. The molecular weight excluding hydrogens is 288 g/mol. The van der Waals surface area contributed by atoms with Gasteiger partial charge in [-0.3, -0.25) is 4.79 Å². The zero-order chi connectivity index (χ0) is 15.6. The second-order valence-corrected chi connectivity index (χ2v) is 6.30. The summed E-state index contributed by atoms with van der Waals surface area (Å²) in [6, 6.07) is 2.28. The molecule has 1 unspecified atom stereocenters. The van der Waals surface area contributed by atoms with E-state index in [1.807, 2.05) is 37.8 Å². The Bertz CT molecular complexity index is 654. The Hall–Kier alpha value is -1.60. The van der Waals surface area contributed by atoms with Crippen LogP contribution in [0.1, 0.15) is 12.5 Å². The Morgan fingerprint density at radius 2 is 2.24 bits per heavy atom. The number of aryl methyl sites for hydroxylation is 1. The molecule has 21 heavy (non-hydrogen) atoms. The molecule has 0 bridgehead atoms. The molecule has 2 aromatic heterocycles. The third-order valence-corrected chi connectivity index (χ3v) is 4.30. The SMILES string of the molecule is Cc1cnc2c(c1)nc(SCC(=O)O)n2CC(C)N(C)C. The van der Waals surface area contributed by atoms with E-state index in [0.717, 1.165) is 23.3 Å². The minimum atomic E-state index is -0.844. The summed E-state index contributed by atoms with van der Waals surface area (Å²) in [6.07, 6.45) is 1.81. The normalized spacial score (nSPS) is 13.0. The lowest BCUT2D eigenvalue weighted by Crippen LogP contribution is -2.29. The first kappa shape index (κ1) is 15.8. The summed E-state index contributed by atoms with van der Waals surface area (Å²) in [5.41, 5.74) is 2.67. The molecule has 0 saturated carbocycles. The number of carboxylic acids is 1. The minimum Gasteiger partial charge on any atom is -0.481 e. The number of pyridine rings is 1. The van der Waals surface area contributed by atoms with Crippen LogP contribution in [0, 0.1) is 6.92 Å². The zero-order valence-corrected chi connectivity index (χ0v) is 13.5. The van der Waals surface area contributed by atoms with Gasteiger partial charge in [0.1, 0.15) is 5.52 Å². The quantitative estimate of drug-likeness (QED) is 0.821. The van der Waals surface area contributed by atoms with Crippen molar-refractivity contribution in [2.45, 2.75) is 31.6 Å². The molecule has 0 aromatic carbocycles. The van der Waals surface area contributed by atoms with Gasteiger partial charge < -0.3 is 14.6 Å². The molecule has 7 heteroatoms. The predicted octanol–water partition coefficient (Wildman–Crippen LogP) is 1.87. The van der Waals surface area contributed by atoms with Gasteiger partial charge in [0.2, 0.25) is 0 Å². The molecule has 0 amide bonds. The van der Waals surface area contributed by atoms with E-state index in [0.29, 0.717) is 11.2 Å². The molecular formula is C14H20N4O2S. The number of carboxylic acid groups (broad SMARTS) is 1. The van der Waals surface area contributed by atoms with Crippen molar-refractivity contribution >= 4 is 28.9 Å². The first-order valence-electron chi connectivity index (χ1n) is 6.72. The zero-order valence-electron chi connectivity index (χ0n) is 12.7. The molecule has 2 rings (SSSR count). The van der Waals surface area contributed by atoms with Crippen molar-refractivity contribution in [3.05, 3.63) is 17.8 Å². The van der Waals surface area contributed by atoms with Crippen molar-refractivity contribution in [2.24, 2.45) is 0 Å². The van der Waals surface area contributed by atoms with Crippen LogP contribution >= 0.6 is 11.8 Å². The molecule has 0 aliphatic carbocycles. The first-order valence-corrected chi connectivity index (χ1v) is 7.71. The topological polar surface area (TPSA) is 71.2 Å². The van der Waals surface area contributed by atoms with Gasteiger partial charge in [-0.05, 0) is 39.6 Å². The van der Waals surface area contributed by atoms with E-state index in [1.165, 1.54) is 11.8 Å². The predicted molar refractivity (Wildman–Crippen MR) is 83.8 cm³/mol. The number of aliphatic carboxylic acids is 1. The largest absolute Gasteiger partial charge is 0.481 e. The molecule has 0 aliphatic heterocycles. The van der Waals surface area contributed by atoms with E-state index < -0.39 is 5.97 Å². The lowest BCUT2D eigenvalue weighted by molar-refractivity contribution is -0.133. The lowest BCUT2D eigenvalue weighted by Gasteiger charge is -2.21. The van der Waals surface area contributed by atoms with E-state index in [2.05, 4.69) is 21.8 Å². The first-order chi connectivity index (χ1) is 9.88. The summed E-state index contributed by atoms with van der Waals surface area (Å²) in [6.45, 7) is 4.81. The average Bonchev–Trinajstić information content (AvgIpc) is 2.73. The molecule has 0 saturated heterocycles. The van der Waals surface area contributed by atoms with Gasteiger partial charge in [0.25, 0.3) is 0 Å². The Morgan fingerprint density at radius 3 is 2.86 bits per heavy atom. The maximum absolute atomic E-state index is 10.8. The van der Waals surface area contributed by atoms with E-state index in [4.69, 9.17) is 5.11 Å². The van der Waals surface area contributed by atoms with Crippen LogP contribution in [0.25, 0.3) is 11.2 Å². The summed E-state index contributed by atoms with van der Waals surface area (Å²) >= 11 is 1.23. The number of fused-ring (bicyclic) bond motifs is 1. The van der Waals surface area contributed by atoms with Crippen LogP contribution in [0.15, 0.2) is 17.4 Å². The summed E-state index contributed by atoms with van der Waals surface area (Å²) in [4.78, 5) is 21.9. The van der Waals surface area contributed by atoms with Crippen LogP contribution in [0.5, 0.6) is 0 Å². The second-order valence-electron chi connectivity index (χ2n) is 5.36. The van der Waals surface area contributed by atoms with E-state index >= 15 is 0 Å². The fraction of sp³-hybridized carbons (Fsp3) is 0.500. The highest BCUT2D eigenvalue weighted by Crippen LogP contribution is 2.24. The highest BCUT2D eigenvalue weighted by Gasteiger charge is 2.16. The van der Waals surface area contributed by atoms with Crippen molar-refractivity contribution in [3.63, 3.8) is 0 Å². The van der Waals surface area contributed by atoms with Gasteiger partial charge in [0.15, 0.2) is 10.8 Å². The number of thioether (sulfide) groups is 1. The number of likely N-dealkylation sites (N-methyl/N-ethyl adjacent to an activating group) is 1. The average molecular weight is 308 g/mol.